The zero-order valence-corrected chi connectivity index (χ0v) is 19.4. The van der Waals surface area contributed by atoms with E-state index in [1.165, 1.54) is 28.8 Å². The first-order valence-corrected chi connectivity index (χ1v) is 11.5. The quantitative estimate of drug-likeness (QED) is 0.448. The molecule has 1 heterocycles. The fourth-order valence-corrected chi connectivity index (χ4v) is 4.72. The van der Waals surface area contributed by atoms with Crippen molar-refractivity contribution in [2.45, 2.75) is 16.6 Å². The Hall–Kier alpha value is -3.43. The first kappa shape index (κ1) is 22.8. The van der Waals surface area contributed by atoms with Crippen molar-refractivity contribution in [3.63, 3.8) is 0 Å². The summed E-state index contributed by atoms with van der Waals surface area (Å²) in [5, 5.41) is 11.4. The molecule has 3 aromatic rings. The van der Waals surface area contributed by atoms with Gasteiger partial charge in [0.1, 0.15) is 0 Å². The number of carbonyl (C=O) groups excluding carboxylic acids is 3. The van der Waals surface area contributed by atoms with Gasteiger partial charge in [-0.1, -0.05) is 28.1 Å². The minimum absolute atomic E-state index is 0.0616. The molecule has 33 heavy (non-hydrogen) atoms. The molecule has 0 aromatic heterocycles. The number of anilines is 2. The molecule has 3 amide bonds. The molecule has 0 spiro atoms. The summed E-state index contributed by atoms with van der Waals surface area (Å²) >= 11 is 4.62. The minimum Gasteiger partial charge on any atom is -0.478 e. The molecule has 0 saturated carbocycles. The van der Waals surface area contributed by atoms with E-state index in [-0.39, 0.29) is 29.4 Å². The molecule has 1 aliphatic heterocycles. The van der Waals surface area contributed by atoms with Gasteiger partial charge in [0.05, 0.1) is 22.1 Å². The van der Waals surface area contributed by atoms with Crippen LogP contribution in [0.5, 0.6) is 0 Å². The van der Waals surface area contributed by atoms with Gasteiger partial charge in [-0.2, -0.15) is 0 Å². The standard InChI is InChI=1S/C24H17BrN2O5S/c25-14-5-9-16(10-6-14)27-21(28)13-20(23(27)30)33-17-11-7-15(8-12-17)26-22(29)18-3-1-2-4-19(18)24(31)32/h1-12,20H,13H2,(H,26,29)(H,31,32)/t20-/m1/s1. The van der Waals surface area contributed by atoms with E-state index in [9.17, 15) is 24.3 Å². The molecule has 2 N–H and O–H groups in total. The van der Waals surface area contributed by atoms with Crippen LogP contribution >= 0.6 is 27.7 Å². The molecule has 0 unspecified atom stereocenters. The van der Waals surface area contributed by atoms with Crippen molar-refractivity contribution in [3.8, 4) is 0 Å². The van der Waals surface area contributed by atoms with Crippen molar-refractivity contribution >= 4 is 62.8 Å². The number of carboxylic acids is 1. The number of imide groups is 1. The van der Waals surface area contributed by atoms with Crippen LogP contribution in [0.2, 0.25) is 0 Å². The zero-order valence-electron chi connectivity index (χ0n) is 17.0. The number of halogens is 1. The molecular formula is C24H17BrN2O5S. The lowest BCUT2D eigenvalue weighted by Gasteiger charge is -2.15. The first-order chi connectivity index (χ1) is 15.8. The summed E-state index contributed by atoms with van der Waals surface area (Å²) in [6.07, 6.45) is 0.101. The first-order valence-electron chi connectivity index (χ1n) is 9.86. The number of rotatable bonds is 6. The Bertz CT molecular complexity index is 1240. The summed E-state index contributed by atoms with van der Waals surface area (Å²) < 4.78 is 0.856. The third-order valence-electron chi connectivity index (χ3n) is 4.98. The Morgan fingerprint density at radius 2 is 1.58 bits per heavy atom. The highest BCUT2D eigenvalue weighted by Gasteiger charge is 2.40. The lowest BCUT2D eigenvalue weighted by Crippen LogP contribution is -2.31. The van der Waals surface area contributed by atoms with Gasteiger partial charge in [0.2, 0.25) is 11.8 Å². The summed E-state index contributed by atoms with van der Waals surface area (Å²) in [5.41, 5.74) is 0.999. The molecule has 3 aromatic carbocycles. The molecule has 0 bridgehead atoms. The Morgan fingerprint density at radius 1 is 0.939 bits per heavy atom. The minimum atomic E-state index is -1.18. The molecule has 9 heteroatoms. The Morgan fingerprint density at radius 3 is 2.21 bits per heavy atom. The second-order valence-corrected chi connectivity index (χ2v) is 9.38. The van der Waals surface area contributed by atoms with Crippen LogP contribution in [-0.2, 0) is 9.59 Å². The highest BCUT2D eigenvalue weighted by atomic mass is 79.9. The Kier molecular flexibility index (Phi) is 6.62. The summed E-state index contributed by atoms with van der Waals surface area (Å²) in [6.45, 7) is 0. The second-order valence-electron chi connectivity index (χ2n) is 7.18. The van der Waals surface area contributed by atoms with E-state index in [2.05, 4.69) is 21.2 Å². The van der Waals surface area contributed by atoms with Crippen molar-refractivity contribution < 1.29 is 24.3 Å². The van der Waals surface area contributed by atoms with E-state index in [0.29, 0.717) is 11.4 Å². The van der Waals surface area contributed by atoms with Crippen LogP contribution in [0.25, 0.3) is 0 Å². The molecule has 0 aliphatic carbocycles. The third kappa shape index (κ3) is 4.99. The topological polar surface area (TPSA) is 104 Å². The summed E-state index contributed by atoms with van der Waals surface area (Å²) in [4.78, 5) is 51.1. The van der Waals surface area contributed by atoms with E-state index in [4.69, 9.17) is 0 Å². The average Bonchev–Trinajstić information content (AvgIpc) is 3.08. The maximum atomic E-state index is 12.8. The lowest BCUT2D eigenvalue weighted by molar-refractivity contribution is -0.121. The number of hydrogen-bond donors (Lipinski definition) is 2. The second kappa shape index (κ2) is 9.60. The molecule has 1 aliphatic rings. The number of nitrogens with one attached hydrogen (secondary N) is 1. The van der Waals surface area contributed by atoms with Crippen molar-refractivity contribution in [2.75, 3.05) is 10.2 Å². The van der Waals surface area contributed by atoms with Crippen LogP contribution in [0.1, 0.15) is 27.1 Å². The average molecular weight is 525 g/mol. The van der Waals surface area contributed by atoms with Gasteiger partial charge >= 0.3 is 5.97 Å². The van der Waals surface area contributed by atoms with Crippen molar-refractivity contribution in [1.29, 1.82) is 0 Å². The van der Waals surface area contributed by atoms with Gasteiger partial charge in [-0.15, -0.1) is 11.8 Å². The number of aromatic carboxylic acids is 1. The number of amides is 3. The molecule has 7 nitrogen and oxygen atoms in total. The van der Waals surface area contributed by atoms with Gasteiger partial charge in [-0.25, -0.2) is 9.69 Å². The van der Waals surface area contributed by atoms with Gasteiger partial charge in [0, 0.05) is 21.5 Å². The monoisotopic (exact) mass is 524 g/mol. The van der Waals surface area contributed by atoms with Crippen LogP contribution in [0.3, 0.4) is 0 Å². The number of hydrogen-bond acceptors (Lipinski definition) is 5. The number of carbonyl (C=O) groups is 4. The van der Waals surface area contributed by atoms with Crippen molar-refractivity contribution in [2.24, 2.45) is 0 Å². The predicted molar refractivity (Wildman–Crippen MR) is 129 cm³/mol. The van der Waals surface area contributed by atoms with E-state index >= 15 is 0 Å². The van der Waals surface area contributed by atoms with Crippen LogP contribution in [-0.4, -0.2) is 34.0 Å². The summed E-state index contributed by atoms with van der Waals surface area (Å²) in [7, 11) is 0. The lowest BCUT2D eigenvalue weighted by atomic mass is 10.1. The molecule has 1 fully saturated rings. The highest BCUT2D eigenvalue weighted by Crippen LogP contribution is 2.34. The van der Waals surface area contributed by atoms with Gasteiger partial charge in [0.25, 0.3) is 5.91 Å². The normalized spacial score (nSPS) is 15.5. The van der Waals surface area contributed by atoms with E-state index in [0.717, 1.165) is 9.37 Å². The van der Waals surface area contributed by atoms with E-state index in [1.807, 2.05) is 0 Å². The fraction of sp³-hybridized carbons (Fsp3) is 0.0833. The molecule has 0 radical (unpaired) electrons. The maximum absolute atomic E-state index is 12.8. The van der Waals surface area contributed by atoms with Crippen LogP contribution in [0, 0.1) is 0 Å². The van der Waals surface area contributed by atoms with Gasteiger partial charge in [0.15, 0.2) is 0 Å². The van der Waals surface area contributed by atoms with E-state index < -0.39 is 17.1 Å². The van der Waals surface area contributed by atoms with E-state index in [1.54, 1.807) is 60.7 Å². The maximum Gasteiger partial charge on any atom is 0.336 e. The van der Waals surface area contributed by atoms with Crippen LogP contribution in [0.4, 0.5) is 11.4 Å². The van der Waals surface area contributed by atoms with Crippen LogP contribution in [0.15, 0.2) is 82.2 Å². The molecule has 1 saturated heterocycles. The van der Waals surface area contributed by atoms with Crippen molar-refractivity contribution in [3.05, 3.63) is 88.4 Å². The smallest absolute Gasteiger partial charge is 0.336 e. The number of carboxylic acid groups (broad SMARTS) is 1. The fourth-order valence-electron chi connectivity index (χ4n) is 3.40. The SMILES string of the molecule is O=C(O)c1ccccc1C(=O)Nc1ccc(S[C@@H]2CC(=O)N(c3ccc(Br)cc3)C2=O)cc1. The van der Waals surface area contributed by atoms with Crippen molar-refractivity contribution in [1.82, 2.24) is 0 Å². The molecule has 166 valence electrons. The number of nitrogens with zero attached hydrogens (tertiary/aromatic N) is 1. The van der Waals surface area contributed by atoms with Gasteiger partial charge in [-0.3, -0.25) is 14.4 Å². The van der Waals surface area contributed by atoms with Crippen LogP contribution < -0.4 is 10.2 Å². The Labute approximate surface area is 201 Å². The molecular weight excluding hydrogens is 508 g/mol. The Balaban J connectivity index is 1.42. The highest BCUT2D eigenvalue weighted by molar-refractivity contribution is 9.10. The number of thioether (sulfide) groups is 1. The zero-order chi connectivity index (χ0) is 23.5. The van der Waals surface area contributed by atoms with Gasteiger partial charge < -0.3 is 10.4 Å². The summed E-state index contributed by atoms with van der Waals surface area (Å²) in [6, 6.07) is 19.8. The molecule has 4 rings (SSSR count). The number of benzene rings is 3. The van der Waals surface area contributed by atoms with Gasteiger partial charge in [-0.05, 0) is 60.7 Å². The predicted octanol–water partition coefficient (Wildman–Crippen LogP) is 4.82. The summed E-state index contributed by atoms with van der Waals surface area (Å²) in [5.74, 6) is -2.23. The largest absolute Gasteiger partial charge is 0.478 e. The molecule has 1 atom stereocenters. The third-order valence-corrected chi connectivity index (χ3v) is 6.71.